The van der Waals surface area contributed by atoms with Gasteiger partial charge in [0.05, 0.1) is 6.04 Å². The summed E-state index contributed by atoms with van der Waals surface area (Å²) in [4.78, 5) is 16.5. The topological polar surface area (TPSA) is 53.0 Å². The van der Waals surface area contributed by atoms with E-state index in [2.05, 4.69) is 17.0 Å². The predicted molar refractivity (Wildman–Crippen MR) is 87.9 cm³/mol. The van der Waals surface area contributed by atoms with Crippen LogP contribution in [0.3, 0.4) is 0 Å². The van der Waals surface area contributed by atoms with Gasteiger partial charge < -0.3 is 14.7 Å². The van der Waals surface area contributed by atoms with Crippen LogP contribution in [-0.4, -0.2) is 58.4 Å². The van der Waals surface area contributed by atoms with Crippen molar-refractivity contribution in [2.24, 2.45) is 5.92 Å². The Labute approximate surface area is 137 Å². The monoisotopic (exact) mass is 318 g/mol. The molecule has 2 fully saturated rings. The lowest BCUT2D eigenvalue weighted by atomic mass is 9.89. The zero-order chi connectivity index (χ0) is 16.6. The zero-order valence-corrected chi connectivity index (χ0v) is 14.1. The van der Waals surface area contributed by atoms with Crippen molar-refractivity contribution in [2.45, 2.75) is 45.0 Å². The second-order valence-electron chi connectivity index (χ2n) is 7.55. The number of aliphatic hydroxyl groups is 1. The largest absolute Gasteiger partial charge is 0.444 e. The Morgan fingerprint density at radius 3 is 2.57 bits per heavy atom. The molecule has 0 saturated carbocycles. The predicted octanol–water partition coefficient (Wildman–Crippen LogP) is 2.10. The summed E-state index contributed by atoms with van der Waals surface area (Å²) < 4.78 is 5.51. The van der Waals surface area contributed by atoms with Crippen LogP contribution in [0.2, 0.25) is 0 Å². The van der Waals surface area contributed by atoms with Crippen molar-refractivity contribution in [3.05, 3.63) is 35.9 Å². The molecule has 0 radical (unpaired) electrons. The van der Waals surface area contributed by atoms with Crippen LogP contribution in [0.4, 0.5) is 4.79 Å². The van der Waals surface area contributed by atoms with Gasteiger partial charge in [-0.25, -0.2) is 4.79 Å². The molecule has 126 valence electrons. The lowest BCUT2D eigenvalue weighted by Gasteiger charge is -2.48. The first-order valence-corrected chi connectivity index (χ1v) is 8.27. The number of hydrogen-bond acceptors (Lipinski definition) is 4. The minimum Gasteiger partial charge on any atom is -0.444 e. The number of nitrogens with zero attached hydrogens (tertiary/aromatic N) is 2. The van der Waals surface area contributed by atoms with Gasteiger partial charge in [-0.3, -0.25) is 4.90 Å². The summed E-state index contributed by atoms with van der Waals surface area (Å²) in [6.45, 7) is 8.02. The molecule has 2 aliphatic heterocycles. The molecule has 2 aliphatic rings. The van der Waals surface area contributed by atoms with Gasteiger partial charge in [-0.15, -0.1) is 0 Å². The first-order valence-electron chi connectivity index (χ1n) is 8.27. The van der Waals surface area contributed by atoms with Crippen molar-refractivity contribution in [2.75, 3.05) is 19.7 Å². The number of aliphatic hydroxyl groups excluding tert-OH is 1. The summed E-state index contributed by atoms with van der Waals surface area (Å²) in [5, 5.41) is 9.70. The number of amides is 1. The molecular formula is C18H26N2O3. The highest BCUT2D eigenvalue weighted by molar-refractivity contribution is 5.69. The average molecular weight is 318 g/mol. The Morgan fingerprint density at radius 2 is 1.96 bits per heavy atom. The summed E-state index contributed by atoms with van der Waals surface area (Å²) >= 11 is 0. The van der Waals surface area contributed by atoms with E-state index in [4.69, 9.17) is 4.74 Å². The van der Waals surface area contributed by atoms with E-state index in [1.165, 1.54) is 5.56 Å². The number of benzene rings is 1. The maximum Gasteiger partial charge on any atom is 0.410 e. The third-order valence-electron chi connectivity index (χ3n) is 4.64. The van der Waals surface area contributed by atoms with Crippen LogP contribution < -0.4 is 0 Å². The molecule has 1 aromatic carbocycles. The van der Waals surface area contributed by atoms with Crippen LogP contribution in [-0.2, 0) is 11.3 Å². The van der Waals surface area contributed by atoms with Gasteiger partial charge in [-0.05, 0) is 26.3 Å². The fraction of sp³-hybridized carbons (Fsp3) is 0.611. The molecule has 0 aliphatic carbocycles. The maximum absolute atomic E-state index is 12.4. The Hall–Kier alpha value is -1.59. The van der Waals surface area contributed by atoms with E-state index in [9.17, 15) is 9.90 Å². The zero-order valence-electron chi connectivity index (χ0n) is 14.1. The molecule has 1 aromatic rings. The molecule has 2 heterocycles. The van der Waals surface area contributed by atoms with E-state index in [1.54, 1.807) is 4.90 Å². The molecule has 5 heteroatoms. The maximum atomic E-state index is 12.4. The lowest BCUT2D eigenvalue weighted by Crippen LogP contribution is -2.63. The molecule has 0 spiro atoms. The molecule has 3 rings (SSSR count). The molecular weight excluding hydrogens is 292 g/mol. The molecule has 0 aromatic heterocycles. The average Bonchev–Trinajstić information content (AvgIpc) is 2.76. The Morgan fingerprint density at radius 1 is 1.26 bits per heavy atom. The van der Waals surface area contributed by atoms with Crippen LogP contribution in [0.1, 0.15) is 26.3 Å². The number of likely N-dealkylation sites (tertiary alicyclic amines) is 2. The Kier molecular flexibility index (Phi) is 4.34. The van der Waals surface area contributed by atoms with Gasteiger partial charge in [0.1, 0.15) is 5.60 Å². The molecule has 2 saturated heterocycles. The minimum absolute atomic E-state index is 0.102. The number of rotatable bonds is 3. The summed E-state index contributed by atoms with van der Waals surface area (Å²) in [6, 6.07) is 10.7. The third-order valence-corrected chi connectivity index (χ3v) is 4.64. The molecule has 1 N–H and O–H groups in total. The van der Waals surface area contributed by atoms with Crippen molar-refractivity contribution in [1.29, 1.82) is 0 Å². The van der Waals surface area contributed by atoms with Crippen molar-refractivity contribution in [3.63, 3.8) is 0 Å². The Balaban J connectivity index is 1.66. The fourth-order valence-corrected chi connectivity index (χ4v) is 3.65. The normalized spacial score (nSPS) is 27.5. The second kappa shape index (κ2) is 6.13. The van der Waals surface area contributed by atoms with Gasteiger partial charge in [-0.2, -0.15) is 0 Å². The van der Waals surface area contributed by atoms with Crippen molar-refractivity contribution >= 4 is 6.09 Å². The number of carbonyl (C=O) groups is 1. The van der Waals surface area contributed by atoms with Crippen LogP contribution in [0.15, 0.2) is 30.3 Å². The fourth-order valence-electron chi connectivity index (χ4n) is 3.65. The summed E-state index contributed by atoms with van der Waals surface area (Å²) in [5.74, 6) is 0.102. The highest BCUT2D eigenvalue weighted by Crippen LogP contribution is 2.38. The molecule has 1 unspecified atom stereocenters. The summed E-state index contributed by atoms with van der Waals surface area (Å²) in [6.07, 6.45) is -0.261. The van der Waals surface area contributed by atoms with Crippen LogP contribution >= 0.6 is 0 Å². The smallest absolute Gasteiger partial charge is 0.410 e. The SMILES string of the molecule is CC(C)(C)OC(=O)N1CC(CO)[C@H]2[C@@H]1CN2Cc1ccccc1. The first-order chi connectivity index (χ1) is 10.9. The molecule has 5 nitrogen and oxygen atoms in total. The number of carbonyl (C=O) groups excluding carboxylic acids is 1. The van der Waals surface area contributed by atoms with Crippen molar-refractivity contribution in [3.8, 4) is 0 Å². The van der Waals surface area contributed by atoms with E-state index >= 15 is 0 Å². The van der Waals surface area contributed by atoms with E-state index in [0.717, 1.165) is 13.1 Å². The van der Waals surface area contributed by atoms with Gasteiger partial charge in [0.2, 0.25) is 0 Å². The molecule has 0 bridgehead atoms. The molecule has 1 amide bonds. The van der Waals surface area contributed by atoms with E-state index in [1.807, 2.05) is 39.0 Å². The quantitative estimate of drug-likeness (QED) is 0.927. The van der Waals surface area contributed by atoms with E-state index in [-0.39, 0.29) is 30.7 Å². The van der Waals surface area contributed by atoms with E-state index < -0.39 is 5.60 Å². The van der Waals surface area contributed by atoms with Crippen molar-refractivity contribution in [1.82, 2.24) is 9.80 Å². The van der Waals surface area contributed by atoms with Crippen molar-refractivity contribution < 1.29 is 14.6 Å². The second-order valence-corrected chi connectivity index (χ2v) is 7.55. The highest BCUT2D eigenvalue weighted by atomic mass is 16.6. The summed E-state index contributed by atoms with van der Waals surface area (Å²) in [7, 11) is 0. The van der Waals surface area contributed by atoms with Crippen LogP contribution in [0.25, 0.3) is 0 Å². The van der Waals surface area contributed by atoms with Gasteiger partial charge in [0.15, 0.2) is 0 Å². The molecule has 23 heavy (non-hydrogen) atoms. The lowest BCUT2D eigenvalue weighted by molar-refractivity contribution is -0.0212. The Bertz CT molecular complexity index is 555. The minimum atomic E-state index is -0.489. The third kappa shape index (κ3) is 3.35. The van der Waals surface area contributed by atoms with Gasteiger partial charge in [0, 0.05) is 38.2 Å². The number of hydrogen-bond donors (Lipinski definition) is 1. The highest BCUT2D eigenvalue weighted by Gasteiger charge is 2.54. The number of fused-ring (bicyclic) bond motifs is 1. The van der Waals surface area contributed by atoms with Gasteiger partial charge in [0.25, 0.3) is 0 Å². The van der Waals surface area contributed by atoms with E-state index in [0.29, 0.717) is 6.54 Å². The summed E-state index contributed by atoms with van der Waals surface area (Å²) in [5.41, 5.74) is 0.774. The van der Waals surface area contributed by atoms with Crippen LogP contribution in [0, 0.1) is 5.92 Å². The standard InChI is InChI=1S/C18H26N2O3/c1-18(2,3)23-17(22)20-10-14(12-21)16-15(20)11-19(16)9-13-7-5-4-6-8-13/h4-8,14-16,21H,9-12H2,1-3H3/t14?,15-,16-/m0/s1. The molecule has 3 atom stereocenters. The van der Waals surface area contributed by atoms with Crippen LogP contribution in [0.5, 0.6) is 0 Å². The number of ether oxygens (including phenoxy) is 1. The van der Waals surface area contributed by atoms with Gasteiger partial charge >= 0.3 is 6.09 Å². The van der Waals surface area contributed by atoms with Gasteiger partial charge in [-0.1, -0.05) is 30.3 Å². The first kappa shape index (κ1) is 16.3.